The molecular formula is C15H20F2N2O2. The van der Waals surface area contributed by atoms with Crippen molar-refractivity contribution in [2.45, 2.75) is 25.9 Å². The average molecular weight is 298 g/mol. The number of rotatable bonds is 6. The summed E-state index contributed by atoms with van der Waals surface area (Å²) in [6.45, 7) is 3.67. The van der Waals surface area contributed by atoms with Gasteiger partial charge < -0.3 is 15.4 Å². The molecule has 2 unspecified atom stereocenters. The van der Waals surface area contributed by atoms with Gasteiger partial charge >= 0.3 is 0 Å². The van der Waals surface area contributed by atoms with E-state index in [0.717, 1.165) is 31.2 Å². The molecule has 1 heterocycles. The van der Waals surface area contributed by atoms with Gasteiger partial charge in [-0.3, -0.25) is 4.79 Å². The predicted octanol–water partition coefficient (Wildman–Crippen LogP) is 1.60. The molecule has 2 atom stereocenters. The van der Waals surface area contributed by atoms with Crippen molar-refractivity contribution in [2.75, 3.05) is 19.8 Å². The van der Waals surface area contributed by atoms with E-state index in [-0.39, 0.29) is 30.0 Å². The van der Waals surface area contributed by atoms with Crippen molar-refractivity contribution in [1.29, 1.82) is 0 Å². The number of halogens is 2. The number of hydrogen-bond acceptors (Lipinski definition) is 3. The number of hydrogen-bond donors (Lipinski definition) is 2. The number of benzene rings is 1. The lowest BCUT2D eigenvalue weighted by Gasteiger charge is -2.18. The van der Waals surface area contributed by atoms with Crippen molar-refractivity contribution in [2.24, 2.45) is 5.92 Å². The standard InChI is InChI=1S/C15H20F2N2O2/c1-2-5-18-14-9-21-8-12(14)15(20)19-7-10-6-11(16)3-4-13(10)17/h3-4,6,12,14,18H,2,5,7-9H2,1H3,(H,19,20). The van der Waals surface area contributed by atoms with E-state index < -0.39 is 11.6 Å². The van der Waals surface area contributed by atoms with Crippen molar-refractivity contribution < 1.29 is 18.3 Å². The first-order valence-electron chi connectivity index (χ1n) is 7.14. The zero-order valence-corrected chi connectivity index (χ0v) is 12.0. The Morgan fingerprint density at radius 2 is 2.19 bits per heavy atom. The summed E-state index contributed by atoms with van der Waals surface area (Å²) in [5.74, 6) is -1.55. The molecule has 1 aromatic carbocycles. The van der Waals surface area contributed by atoms with Gasteiger partial charge in [0, 0.05) is 18.2 Å². The summed E-state index contributed by atoms with van der Waals surface area (Å²) in [5.41, 5.74) is 0.139. The molecule has 4 nitrogen and oxygen atoms in total. The molecular weight excluding hydrogens is 278 g/mol. The van der Waals surface area contributed by atoms with Crippen LogP contribution in [0.3, 0.4) is 0 Å². The fourth-order valence-electron chi connectivity index (χ4n) is 2.34. The average Bonchev–Trinajstić information content (AvgIpc) is 2.94. The largest absolute Gasteiger partial charge is 0.379 e. The molecule has 1 fully saturated rings. The Hall–Kier alpha value is -1.53. The molecule has 6 heteroatoms. The van der Waals surface area contributed by atoms with Gasteiger partial charge in [-0.15, -0.1) is 0 Å². The van der Waals surface area contributed by atoms with Crippen LogP contribution in [0, 0.1) is 17.6 Å². The van der Waals surface area contributed by atoms with Gasteiger partial charge in [-0.2, -0.15) is 0 Å². The third-order valence-corrected chi connectivity index (χ3v) is 3.53. The fourth-order valence-corrected chi connectivity index (χ4v) is 2.34. The van der Waals surface area contributed by atoms with Crippen LogP contribution in [0.25, 0.3) is 0 Å². The van der Waals surface area contributed by atoms with Gasteiger partial charge in [-0.25, -0.2) is 8.78 Å². The predicted molar refractivity (Wildman–Crippen MR) is 74.6 cm³/mol. The van der Waals surface area contributed by atoms with Gasteiger partial charge in [-0.1, -0.05) is 6.92 Å². The molecule has 1 aromatic rings. The molecule has 0 saturated carbocycles. The van der Waals surface area contributed by atoms with Crippen molar-refractivity contribution in [3.8, 4) is 0 Å². The van der Waals surface area contributed by atoms with E-state index in [0.29, 0.717) is 13.2 Å². The number of nitrogens with one attached hydrogen (secondary N) is 2. The number of ether oxygens (including phenoxy) is 1. The molecule has 2 N–H and O–H groups in total. The molecule has 0 aliphatic carbocycles. The Morgan fingerprint density at radius 3 is 2.95 bits per heavy atom. The minimum Gasteiger partial charge on any atom is -0.379 e. The van der Waals surface area contributed by atoms with Gasteiger partial charge in [-0.05, 0) is 31.2 Å². The molecule has 1 saturated heterocycles. The smallest absolute Gasteiger partial charge is 0.227 e. The number of carbonyl (C=O) groups is 1. The SMILES string of the molecule is CCCNC1COCC1C(=O)NCc1cc(F)ccc1F. The summed E-state index contributed by atoms with van der Waals surface area (Å²) in [5, 5.41) is 5.91. The van der Waals surface area contributed by atoms with Crippen molar-refractivity contribution >= 4 is 5.91 Å². The summed E-state index contributed by atoms with van der Waals surface area (Å²) >= 11 is 0. The van der Waals surface area contributed by atoms with E-state index in [2.05, 4.69) is 10.6 Å². The fraction of sp³-hybridized carbons (Fsp3) is 0.533. The second-order valence-electron chi connectivity index (χ2n) is 5.16. The van der Waals surface area contributed by atoms with E-state index in [4.69, 9.17) is 4.74 Å². The summed E-state index contributed by atoms with van der Waals surface area (Å²) in [4.78, 5) is 12.1. The highest BCUT2D eigenvalue weighted by Crippen LogP contribution is 2.15. The Morgan fingerprint density at radius 1 is 1.38 bits per heavy atom. The van der Waals surface area contributed by atoms with E-state index in [1.165, 1.54) is 0 Å². The summed E-state index contributed by atoms with van der Waals surface area (Å²) in [6, 6.07) is 3.17. The minimum atomic E-state index is -0.528. The highest BCUT2D eigenvalue weighted by Gasteiger charge is 2.33. The molecule has 0 aromatic heterocycles. The third-order valence-electron chi connectivity index (χ3n) is 3.53. The second-order valence-corrected chi connectivity index (χ2v) is 5.16. The topological polar surface area (TPSA) is 50.4 Å². The normalized spacial score (nSPS) is 21.5. The van der Waals surface area contributed by atoms with E-state index in [1.807, 2.05) is 6.92 Å². The van der Waals surface area contributed by atoms with Crippen LogP contribution in [0.4, 0.5) is 8.78 Å². The second kappa shape index (κ2) is 7.47. The van der Waals surface area contributed by atoms with Gasteiger partial charge in [0.05, 0.1) is 19.1 Å². The first-order valence-corrected chi connectivity index (χ1v) is 7.14. The van der Waals surface area contributed by atoms with Gasteiger partial charge in [0.15, 0.2) is 0 Å². The Balaban J connectivity index is 1.90. The zero-order chi connectivity index (χ0) is 15.2. The lowest BCUT2D eigenvalue weighted by Crippen LogP contribution is -2.44. The maximum absolute atomic E-state index is 13.5. The monoisotopic (exact) mass is 298 g/mol. The molecule has 21 heavy (non-hydrogen) atoms. The van der Waals surface area contributed by atoms with Gasteiger partial charge in [0.1, 0.15) is 11.6 Å². The molecule has 116 valence electrons. The number of amides is 1. The van der Waals surface area contributed by atoms with E-state index in [1.54, 1.807) is 0 Å². The molecule has 0 radical (unpaired) electrons. The van der Waals surface area contributed by atoms with E-state index in [9.17, 15) is 13.6 Å². The molecule has 1 aliphatic heterocycles. The summed E-state index contributed by atoms with van der Waals surface area (Å²) in [6.07, 6.45) is 0.972. The molecule has 0 spiro atoms. The van der Waals surface area contributed by atoms with Crippen LogP contribution < -0.4 is 10.6 Å². The summed E-state index contributed by atoms with van der Waals surface area (Å²) in [7, 11) is 0. The Labute approximate surface area is 122 Å². The Kier molecular flexibility index (Phi) is 5.64. The van der Waals surface area contributed by atoms with Gasteiger partial charge in [0.25, 0.3) is 0 Å². The van der Waals surface area contributed by atoms with Crippen molar-refractivity contribution in [3.63, 3.8) is 0 Å². The maximum atomic E-state index is 13.5. The highest BCUT2D eigenvalue weighted by atomic mass is 19.1. The third kappa shape index (κ3) is 4.22. The molecule has 2 rings (SSSR count). The van der Waals surface area contributed by atoms with Crippen molar-refractivity contribution in [3.05, 3.63) is 35.4 Å². The molecule has 1 amide bonds. The first kappa shape index (κ1) is 15.9. The van der Waals surface area contributed by atoms with Crippen LogP contribution >= 0.6 is 0 Å². The lowest BCUT2D eigenvalue weighted by molar-refractivity contribution is -0.125. The van der Waals surface area contributed by atoms with Crippen LogP contribution in [0.5, 0.6) is 0 Å². The van der Waals surface area contributed by atoms with Gasteiger partial charge in [0.2, 0.25) is 5.91 Å². The zero-order valence-electron chi connectivity index (χ0n) is 12.0. The van der Waals surface area contributed by atoms with Crippen LogP contribution in [0.2, 0.25) is 0 Å². The van der Waals surface area contributed by atoms with E-state index >= 15 is 0 Å². The number of carbonyl (C=O) groups excluding carboxylic acids is 1. The van der Waals surface area contributed by atoms with Crippen LogP contribution in [-0.2, 0) is 16.1 Å². The van der Waals surface area contributed by atoms with Crippen LogP contribution in [0.1, 0.15) is 18.9 Å². The van der Waals surface area contributed by atoms with Crippen LogP contribution in [-0.4, -0.2) is 31.7 Å². The summed E-state index contributed by atoms with van der Waals surface area (Å²) < 4.78 is 31.9. The highest BCUT2D eigenvalue weighted by molar-refractivity contribution is 5.79. The van der Waals surface area contributed by atoms with Crippen molar-refractivity contribution in [1.82, 2.24) is 10.6 Å². The molecule has 0 bridgehead atoms. The van der Waals surface area contributed by atoms with Crippen LogP contribution in [0.15, 0.2) is 18.2 Å². The minimum absolute atomic E-state index is 0.0256. The lowest BCUT2D eigenvalue weighted by atomic mass is 10.0. The first-order chi connectivity index (χ1) is 10.1. The molecule has 1 aliphatic rings. The Bertz CT molecular complexity index is 497. The maximum Gasteiger partial charge on any atom is 0.227 e. The quantitative estimate of drug-likeness (QED) is 0.838.